The molecule has 0 saturated heterocycles. The molecule has 0 aliphatic carbocycles. The minimum absolute atomic E-state index is 0.0709. The fourth-order valence-corrected chi connectivity index (χ4v) is 4.23. The van der Waals surface area contributed by atoms with Crippen LogP contribution in [-0.2, 0) is 17.9 Å². The lowest BCUT2D eigenvalue weighted by atomic mass is 10.2. The number of rotatable bonds is 6. The molecule has 1 N–H and O–H groups in total. The van der Waals surface area contributed by atoms with Crippen molar-refractivity contribution in [2.24, 2.45) is 0 Å². The minimum atomic E-state index is -0.551. The molecular weight excluding hydrogens is 438 g/mol. The van der Waals surface area contributed by atoms with Crippen LogP contribution in [0.25, 0.3) is 10.2 Å². The van der Waals surface area contributed by atoms with E-state index < -0.39 is 5.69 Å². The van der Waals surface area contributed by atoms with Crippen molar-refractivity contribution in [1.82, 2.24) is 9.13 Å². The highest BCUT2D eigenvalue weighted by Crippen LogP contribution is 2.17. The van der Waals surface area contributed by atoms with Crippen LogP contribution < -0.4 is 21.3 Å². The van der Waals surface area contributed by atoms with Gasteiger partial charge in [-0.25, -0.2) is 4.79 Å². The van der Waals surface area contributed by atoms with E-state index >= 15 is 0 Å². The zero-order valence-electron chi connectivity index (χ0n) is 16.5. The van der Waals surface area contributed by atoms with E-state index in [1.807, 2.05) is 6.07 Å². The zero-order valence-corrected chi connectivity index (χ0v) is 18.1. The van der Waals surface area contributed by atoms with Crippen molar-refractivity contribution in [3.05, 3.63) is 91.4 Å². The molecular formula is C22H18ClN3O4S. The lowest BCUT2D eigenvalue weighted by molar-refractivity contribution is -0.116. The van der Waals surface area contributed by atoms with Crippen molar-refractivity contribution >= 4 is 44.7 Å². The van der Waals surface area contributed by atoms with Gasteiger partial charge in [0.05, 0.1) is 19.2 Å². The van der Waals surface area contributed by atoms with E-state index in [4.69, 9.17) is 16.3 Å². The first-order valence-corrected chi connectivity index (χ1v) is 10.6. The number of amides is 1. The second kappa shape index (κ2) is 8.79. The highest BCUT2D eigenvalue weighted by Gasteiger charge is 2.17. The number of hydrogen-bond acceptors (Lipinski definition) is 5. The summed E-state index contributed by atoms with van der Waals surface area (Å²) in [5.41, 5.74) is 0.811. The number of carbonyl (C=O) groups excluding carboxylic acids is 1. The van der Waals surface area contributed by atoms with Gasteiger partial charge in [0.2, 0.25) is 5.91 Å². The first kappa shape index (κ1) is 20.9. The molecule has 0 spiro atoms. The smallest absolute Gasteiger partial charge is 0.332 e. The Morgan fingerprint density at radius 3 is 2.61 bits per heavy atom. The van der Waals surface area contributed by atoms with Crippen LogP contribution in [0.3, 0.4) is 0 Å². The molecule has 31 heavy (non-hydrogen) atoms. The molecule has 7 nitrogen and oxygen atoms in total. The Balaban J connectivity index is 1.70. The first-order valence-electron chi connectivity index (χ1n) is 9.35. The third-order valence-electron chi connectivity index (χ3n) is 4.74. The molecule has 158 valence electrons. The van der Waals surface area contributed by atoms with Crippen molar-refractivity contribution < 1.29 is 9.53 Å². The van der Waals surface area contributed by atoms with Crippen LogP contribution >= 0.6 is 22.9 Å². The molecule has 0 aliphatic heterocycles. The number of anilines is 1. The summed E-state index contributed by atoms with van der Waals surface area (Å²) >= 11 is 7.11. The third kappa shape index (κ3) is 4.40. The fourth-order valence-electron chi connectivity index (χ4n) is 3.26. The molecule has 2 heterocycles. The third-order valence-corrected chi connectivity index (χ3v) is 5.88. The minimum Gasteiger partial charge on any atom is -0.497 e. The Morgan fingerprint density at radius 2 is 1.87 bits per heavy atom. The van der Waals surface area contributed by atoms with E-state index in [0.29, 0.717) is 26.7 Å². The average Bonchev–Trinajstić information content (AvgIpc) is 3.26. The van der Waals surface area contributed by atoms with Crippen LogP contribution in [0.15, 0.2) is 69.6 Å². The van der Waals surface area contributed by atoms with Gasteiger partial charge in [-0.15, -0.1) is 11.3 Å². The van der Waals surface area contributed by atoms with E-state index in [2.05, 4.69) is 5.32 Å². The van der Waals surface area contributed by atoms with Crippen molar-refractivity contribution in [2.75, 3.05) is 12.4 Å². The molecule has 4 aromatic rings. The van der Waals surface area contributed by atoms with Gasteiger partial charge in [-0.3, -0.25) is 18.7 Å². The van der Waals surface area contributed by atoms with Gasteiger partial charge in [-0.2, -0.15) is 0 Å². The maximum absolute atomic E-state index is 13.2. The summed E-state index contributed by atoms with van der Waals surface area (Å²) in [6.45, 7) is -0.158. The summed E-state index contributed by atoms with van der Waals surface area (Å²) in [5.74, 6) is 0.244. The lowest BCUT2D eigenvalue weighted by Gasteiger charge is -2.13. The molecule has 0 aliphatic rings. The summed E-state index contributed by atoms with van der Waals surface area (Å²) in [6, 6.07) is 15.5. The number of nitrogens with zero attached hydrogens (tertiary/aromatic N) is 2. The largest absolute Gasteiger partial charge is 0.497 e. The summed E-state index contributed by atoms with van der Waals surface area (Å²) in [7, 11) is 1.55. The number of carbonyl (C=O) groups is 1. The second-order valence-electron chi connectivity index (χ2n) is 6.80. The molecule has 1 amide bonds. The topological polar surface area (TPSA) is 82.3 Å². The Kier molecular flexibility index (Phi) is 5.92. The number of ether oxygens (including phenoxy) is 1. The highest BCUT2D eigenvalue weighted by atomic mass is 35.5. The first-order chi connectivity index (χ1) is 15.0. The van der Waals surface area contributed by atoms with E-state index in [1.165, 1.54) is 15.9 Å². The van der Waals surface area contributed by atoms with Gasteiger partial charge in [0.1, 0.15) is 17.0 Å². The molecule has 0 saturated carbocycles. The average molecular weight is 456 g/mol. The van der Waals surface area contributed by atoms with Gasteiger partial charge in [0.15, 0.2) is 0 Å². The van der Waals surface area contributed by atoms with Crippen LogP contribution in [0, 0.1) is 0 Å². The van der Waals surface area contributed by atoms with Gasteiger partial charge in [0.25, 0.3) is 5.56 Å². The van der Waals surface area contributed by atoms with Gasteiger partial charge in [-0.05, 0) is 53.4 Å². The van der Waals surface area contributed by atoms with Crippen LogP contribution in [0.1, 0.15) is 5.56 Å². The highest BCUT2D eigenvalue weighted by molar-refractivity contribution is 7.17. The number of thiophene rings is 1. The van der Waals surface area contributed by atoms with Crippen LogP contribution in [0.5, 0.6) is 5.75 Å². The maximum Gasteiger partial charge on any atom is 0.332 e. The number of halogens is 1. The molecule has 4 rings (SSSR count). The van der Waals surface area contributed by atoms with E-state index in [9.17, 15) is 14.4 Å². The van der Waals surface area contributed by atoms with Gasteiger partial charge in [-0.1, -0.05) is 23.7 Å². The molecule has 0 radical (unpaired) electrons. The Morgan fingerprint density at radius 1 is 1.10 bits per heavy atom. The van der Waals surface area contributed by atoms with Gasteiger partial charge in [0, 0.05) is 10.7 Å². The van der Waals surface area contributed by atoms with Crippen molar-refractivity contribution in [1.29, 1.82) is 0 Å². The Labute approximate surface area is 186 Å². The fraction of sp³-hybridized carbons (Fsp3) is 0.136. The van der Waals surface area contributed by atoms with Crippen LogP contribution in [-0.4, -0.2) is 22.2 Å². The Bertz CT molecular complexity index is 1370. The normalized spacial score (nSPS) is 10.9. The second-order valence-corrected chi connectivity index (χ2v) is 8.15. The molecule has 0 fully saturated rings. The van der Waals surface area contributed by atoms with E-state index in [1.54, 1.807) is 61.0 Å². The van der Waals surface area contributed by atoms with Gasteiger partial charge >= 0.3 is 5.69 Å². The molecule has 0 atom stereocenters. The quantitative estimate of drug-likeness (QED) is 0.482. The molecule has 2 aromatic carbocycles. The molecule has 9 heteroatoms. The molecule has 2 aromatic heterocycles. The summed E-state index contributed by atoms with van der Waals surface area (Å²) in [5, 5.41) is 5.03. The number of nitrogens with one attached hydrogen (secondary N) is 1. The van der Waals surface area contributed by atoms with Gasteiger partial charge < -0.3 is 10.1 Å². The predicted molar refractivity (Wildman–Crippen MR) is 123 cm³/mol. The monoisotopic (exact) mass is 455 g/mol. The van der Waals surface area contributed by atoms with E-state index in [0.717, 1.165) is 10.1 Å². The molecule has 0 bridgehead atoms. The molecule has 0 unspecified atom stereocenters. The number of fused-ring (bicyclic) bond motifs is 1. The summed E-state index contributed by atoms with van der Waals surface area (Å²) < 4.78 is 8.10. The van der Waals surface area contributed by atoms with Crippen LogP contribution in [0.4, 0.5) is 5.69 Å². The number of benzene rings is 2. The standard InChI is InChI=1S/C22H18ClN3O4S/c1-30-17-4-2-3-14(11-17)12-26-21(28)20-18(9-10-31-20)25(22(26)29)13-19(27)24-16-7-5-15(23)6-8-16/h2-11H,12-13H2,1H3,(H,24,27). The number of methoxy groups -OCH3 is 1. The van der Waals surface area contributed by atoms with Crippen molar-refractivity contribution in [2.45, 2.75) is 13.1 Å². The predicted octanol–water partition coefficient (Wildman–Crippen LogP) is 3.57. The van der Waals surface area contributed by atoms with Crippen molar-refractivity contribution in [3.63, 3.8) is 0 Å². The SMILES string of the molecule is COc1cccc(Cn2c(=O)c3sccc3n(CC(=O)Nc3ccc(Cl)cc3)c2=O)c1. The van der Waals surface area contributed by atoms with Crippen LogP contribution in [0.2, 0.25) is 5.02 Å². The lowest BCUT2D eigenvalue weighted by Crippen LogP contribution is -2.41. The summed E-state index contributed by atoms with van der Waals surface area (Å²) in [4.78, 5) is 38.8. The summed E-state index contributed by atoms with van der Waals surface area (Å²) in [6.07, 6.45) is 0. The maximum atomic E-state index is 13.2. The number of aromatic nitrogens is 2. The Hall–Kier alpha value is -3.36. The van der Waals surface area contributed by atoms with Crippen molar-refractivity contribution in [3.8, 4) is 5.75 Å². The van der Waals surface area contributed by atoms with E-state index in [-0.39, 0.29) is 24.6 Å². The number of hydrogen-bond donors (Lipinski definition) is 1. The zero-order chi connectivity index (χ0) is 22.0.